The highest BCUT2D eigenvalue weighted by Crippen LogP contribution is 2.29. The molecular formula is C25H24N2O2. The molecule has 1 aliphatic rings. The van der Waals surface area contributed by atoms with E-state index in [0.29, 0.717) is 24.9 Å². The Morgan fingerprint density at radius 1 is 0.931 bits per heavy atom. The highest BCUT2D eigenvalue weighted by Gasteiger charge is 2.37. The van der Waals surface area contributed by atoms with Gasteiger partial charge < -0.3 is 4.90 Å². The molecule has 2 heterocycles. The summed E-state index contributed by atoms with van der Waals surface area (Å²) in [5.41, 5.74) is 2.50. The van der Waals surface area contributed by atoms with Crippen LogP contribution in [0.25, 0.3) is 0 Å². The average Bonchev–Trinajstić information content (AvgIpc) is 3.28. The van der Waals surface area contributed by atoms with Crippen molar-refractivity contribution in [3.05, 3.63) is 102 Å². The molecule has 1 amide bonds. The van der Waals surface area contributed by atoms with Crippen LogP contribution in [0.4, 0.5) is 0 Å². The molecule has 1 aromatic heterocycles. The first-order valence-corrected chi connectivity index (χ1v) is 10.1. The lowest BCUT2D eigenvalue weighted by atomic mass is 9.91. The second-order valence-electron chi connectivity index (χ2n) is 7.41. The molecule has 29 heavy (non-hydrogen) atoms. The Kier molecular flexibility index (Phi) is 5.80. The van der Waals surface area contributed by atoms with Crippen molar-refractivity contribution in [3.8, 4) is 0 Å². The van der Waals surface area contributed by atoms with E-state index in [1.54, 1.807) is 11.1 Å². The van der Waals surface area contributed by atoms with Gasteiger partial charge >= 0.3 is 0 Å². The average molecular weight is 384 g/mol. The van der Waals surface area contributed by atoms with Crippen LogP contribution in [0.5, 0.6) is 0 Å². The second kappa shape index (κ2) is 8.82. The fourth-order valence-corrected chi connectivity index (χ4v) is 4.06. The number of pyridine rings is 1. The number of aromatic nitrogens is 1. The molecule has 0 bridgehead atoms. The topological polar surface area (TPSA) is 50.3 Å². The van der Waals surface area contributed by atoms with Gasteiger partial charge in [0.25, 0.3) is 0 Å². The number of ketones is 1. The number of hydrogen-bond acceptors (Lipinski definition) is 3. The maximum absolute atomic E-state index is 13.6. The van der Waals surface area contributed by atoms with Gasteiger partial charge in [0.1, 0.15) is 0 Å². The predicted molar refractivity (Wildman–Crippen MR) is 113 cm³/mol. The van der Waals surface area contributed by atoms with Crippen molar-refractivity contribution in [2.45, 2.75) is 31.2 Å². The number of amides is 1. The van der Waals surface area contributed by atoms with E-state index in [0.717, 1.165) is 17.7 Å². The van der Waals surface area contributed by atoms with E-state index < -0.39 is 0 Å². The largest absolute Gasteiger partial charge is 0.332 e. The summed E-state index contributed by atoms with van der Waals surface area (Å²) in [5, 5.41) is 0. The van der Waals surface area contributed by atoms with Crippen molar-refractivity contribution in [2.24, 2.45) is 0 Å². The van der Waals surface area contributed by atoms with E-state index in [-0.39, 0.29) is 23.7 Å². The number of rotatable bonds is 6. The van der Waals surface area contributed by atoms with E-state index >= 15 is 0 Å². The third-order valence-electron chi connectivity index (χ3n) is 5.54. The Morgan fingerprint density at radius 2 is 1.62 bits per heavy atom. The van der Waals surface area contributed by atoms with Gasteiger partial charge in [-0.15, -0.1) is 0 Å². The van der Waals surface area contributed by atoms with E-state index in [4.69, 9.17) is 0 Å². The van der Waals surface area contributed by atoms with Crippen LogP contribution in [-0.2, 0) is 11.2 Å². The molecule has 0 radical (unpaired) electrons. The van der Waals surface area contributed by atoms with E-state index in [2.05, 4.69) is 4.98 Å². The molecule has 2 aromatic carbocycles. The van der Waals surface area contributed by atoms with Gasteiger partial charge in [-0.05, 0) is 30.5 Å². The minimum Gasteiger partial charge on any atom is -0.332 e. The van der Waals surface area contributed by atoms with Crippen molar-refractivity contribution < 1.29 is 9.59 Å². The van der Waals surface area contributed by atoms with Crippen LogP contribution in [0.15, 0.2) is 85.1 Å². The Balaban J connectivity index is 1.62. The molecule has 1 fully saturated rings. The molecular weight excluding hydrogens is 360 g/mol. The van der Waals surface area contributed by atoms with Crippen LogP contribution >= 0.6 is 0 Å². The van der Waals surface area contributed by atoms with Gasteiger partial charge in [-0.1, -0.05) is 66.7 Å². The van der Waals surface area contributed by atoms with E-state index in [9.17, 15) is 9.59 Å². The van der Waals surface area contributed by atoms with Crippen molar-refractivity contribution in [2.75, 3.05) is 6.54 Å². The first kappa shape index (κ1) is 19.1. The smallest absolute Gasteiger partial charge is 0.231 e. The minimum absolute atomic E-state index is 0.00799. The maximum atomic E-state index is 13.6. The second-order valence-corrected chi connectivity index (χ2v) is 7.41. The van der Waals surface area contributed by atoms with Gasteiger partial charge in [-0.2, -0.15) is 0 Å². The zero-order valence-electron chi connectivity index (χ0n) is 16.3. The number of Topliss-reactive ketones (excluding diaryl/α,β-unsaturated/α-hetero) is 1. The number of carbonyl (C=O) groups is 2. The van der Waals surface area contributed by atoms with Crippen molar-refractivity contribution >= 4 is 11.7 Å². The molecule has 0 N–H and O–H groups in total. The Bertz CT molecular complexity index is 958. The Labute approximate surface area is 171 Å². The lowest BCUT2D eigenvalue weighted by Crippen LogP contribution is -2.43. The van der Waals surface area contributed by atoms with Crippen LogP contribution in [0.3, 0.4) is 0 Å². The maximum Gasteiger partial charge on any atom is 0.231 e. The normalized spacial score (nSPS) is 17.1. The Hall–Kier alpha value is -3.27. The summed E-state index contributed by atoms with van der Waals surface area (Å²) >= 11 is 0. The number of benzene rings is 2. The number of nitrogens with zero attached hydrogens (tertiary/aromatic N) is 2. The molecule has 146 valence electrons. The van der Waals surface area contributed by atoms with Crippen LogP contribution in [0.2, 0.25) is 0 Å². The first-order chi connectivity index (χ1) is 14.2. The molecule has 4 nitrogen and oxygen atoms in total. The van der Waals surface area contributed by atoms with Gasteiger partial charge in [-0.3, -0.25) is 14.6 Å². The predicted octanol–water partition coefficient (Wildman–Crippen LogP) is 4.28. The summed E-state index contributed by atoms with van der Waals surface area (Å²) in [5.74, 6) is -0.315. The summed E-state index contributed by atoms with van der Waals surface area (Å²) in [6, 6.07) is 24.4. The lowest BCUT2D eigenvalue weighted by molar-refractivity contribution is -0.133. The van der Waals surface area contributed by atoms with Gasteiger partial charge in [0, 0.05) is 30.4 Å². The number of hydrogen-bond donors (Lipinski definition) is 0. The van der Waals surface area contributed by atoms with E-state index in [1.807, 2.05) is 78.9 Å². The minimum atomic E-state index is -0.389. The molecule has 4 rings (SSSR count). The molecule has 0 aliphatic carbocycles. The molecule has 0 spiro atoms. The summed E-state index contributed by atoms with van der Waals surface area (Å²) in [4.78, 5) is 32.9. The third kappa shape index (κ3) is 4.27. The molecule has 0 saturated carbocycles. The molecule has 1 aliphatic heterocycles. The number of carbonyl (C=O) groups excluding carboxylic acids is 2. The van der Waals surface area contributed by atoms with Crippen LogP contribution in [0.1, 0.15) is 40.4 Å². The highest BCUT2D eigenvalue weighted by molar-refractivity contribution is 6.02. The molecule has 2 unspecified atom stereocenters. The van der Waals surface area contributed by atoms with Crippen LogP contribution in [0, 0.1) is 0 Å². The quantitative estimate of drug-likeness (QED) is 0.596. The SMILES string of the molecule is O=C(c1ccccc1)C1CCCN1C(=O)C(Cc1ccccn1)c1ccccc1. The Morgan fingerprint density at radius 3 is 2.31 bits per heavy atom. The van der Waals surface area contributed by atoms with Crippen LogP contribution < -0.4 is 0 Å². The zero-order valence-corrected chi connectivity index (χ0v) is 16.3. The standard InChI is InChI=1S/C25H24N2O2/c28-24(20-12-5-2-6-13-20)23-15-9-17-27(23)25(29)22(19-10-3-1-4-11-19)18-21-14-7-8-16-26-21/h1-8,10-14,16,22-23H,9,15,17-18H2. The lowest BCUT2D eigenvalue weighted by Gasteiger charge is -2.28. The fraction of sp³-hybridized carbons (Fsp3) is 0.240. The van der Waals surface area contributed by atoms with Crippen molar-refractivity contribution in [1.29, 1.82) is 0 Å². The summed E-state index contributed by atoms with van der Waals surface area (Å²) < 4.78 is 0. The third-order valence-corrected chi connectivity index (χ3v) is 5.54. The molecule has 3 aromatic rings. The highest BCUT2D eigenvalue weighted by atomic mass is 16.2. The van der Waals surface area contributed by atoms with Crippen molar-refractivity contribution in [1.82, 2.24) is 9.88 Å². The van der Waals surface area contributed by atoms with Crippen molar-refractivity contribution in [3.63, 3.8) is 0 Å². The van der Waals surface area contributed by atoms with E-state index in [1.165, 1.54) is 0 Å². The molecule has 4 heteroatoms. The molecule has 2 atom stereocenters. The fourth-order valence-electron chi connectivity index (χ4n) is 4.06. The molecule has 1 saturated heterocycles. The zero-order chi connectivity index (χ0) is 20.1. The van der Waals surface area contributed by atoms with Gasteiger partial charge in [0.2, 0.25) is 5.91 Å². The summed E-state index contributed by atoms with van der Waals surface area (Å²) in [6.07, 6.45) is 3.83. The van der Waals surface area contributed by atoms with Crippen LogP contribution in [-0.4, -0.2) is 34.2 Å². The van der Waals surface area contributed by atoms with Gasteiger partial charge in [0.15, 0.2) is 5.78 Å². The monoisotopic (exact) mass is 384 g/mol. The van der Waals surface area contributed by atoms with Gasteiger partial charge in [-0.25, -0.2) is 0 Å². The first-order valence-electron chi connectivity index (χ1n) is 10.1. The summed E-state index contributed by atoms with van der Waals surface area (Å²) in [6.45, 7) is 0.619. The van der Waals surface area contributed by atoms with Gasteiger partial charge in [0.05, 0.1) is 12.0 Å². The number of likely N-dealkylation sites (tertiary alicyclic amines) is 1. The summed E-state index contributed by atoms with van der Waals surface area (Å²) in [7, 11) is 0.